The molecule has 0 saturated heterocycles. The van der Waals surface area contributed by atoms with Gasteiger partial charge in [0.25, 0.3) is 0 Å². The van der Waals surface area contributed by atoms with Crippen molar-refractivity contribution in [3.63, 3.8) is 0 Å². The number of benzene rings is 3. The number of sulfonamides is 2. The predicted molar refractivity (Wildman–Crippen MR) is 198 cm³/mol. The lowest BCUT2D eigenvalue weighted by molar-refractivity contribution is 0.305. The molecule has 14 nitrogen and oxygen atoms in total. The Balaban J connectivity index is 1.55. The van der Waals surface area contributed by atoms with Crippen molar-refractivity contribution >= 4 is 54.7 Å². The molecule has 0 saturated carbocycles. The molecule has 0 fully saturated rings. The largest absolute Gasteiger partial charge is 0.494 e. The minimum atomic E-state index is -3.56. The number of nitrogens with zero attached hydrogens (tertiary/aromatic N) is 4. The lowest BCUT2D eigenvalue weighted by atomic mass is 10.1. The Bertz CT molecular complexity index is 1890. The summed E-state index contributed by atoms with van der Waals surface area (Å²) in [5, 5.41) is 12.1. The molecule has 5 N–H and O–H groups in total. The van der Waals surface area contributed by atoms with Gasteiger partial charge in [0.1, 0.15) is 5.75 Å². The highest BCUT2D eigenvalue weighted by Crippen LogP contribution is 2.22. The molecule has 0 atom stereocenters. The zero-order chi connectivity index (χ0) is 36.1. The minimum absolute atomic E-state index is 0.146. The fraction of sp³-hybridized carbons (Fsp3) is 0.294. The topological polar surface area (TPSA) is 188 Å². The smallest absolute Gasteiger partial charge is 0.240 e. The summed E-state index contributed by atoms with van der Waals surface area (Å²) >= 11 is 0. The number of ether oxygens (including phenoxy) is 1. The third-order valence-electron chi connectivity index (χ3n) is 7.48. The van der Waals surface area contributed by atoms with Crippen LogP contribution in [0.15, 0.2) is 98.9 Å². The molecular formula is C34H43N9O5S2. The molecule has 0 aliphatic heterocycles. The van der Waals surface area contributed by atoms with Gasteiger partial charge in [-0.15, -0.1) is 0 Å². The molecule has 4 rings (SSSR count). The number of hydrogen-bond donors (Lipinski definition) is 5. The zero-order valence-corrected chi connectivity index (χ0v) is 30.3. The second-order valence-corrected chi connectivity index (χ2v) is 14.9. The molecular weight excluding hydrogens is 679 g/mol. The van der Waals surface area contributed by atoms with Crippen molar-refractivity contribution in [2.75, 3.05) is 36.9 Å². The summed E-state index contributed by atoms with van der Waals surface area (Å²) in [6, 6.07) is 21.8. The van der Waals surface area contributed by atoms with Crippen molar-refractivity contribution in [3.05, 3.63) is 90.0 Å². The maximum Gasteiger partial charge on any atom is 0.240 e. The Kier molecular flexibility index (Phi) is 13.4. The first-order valence-corrected chi connectivity index (χ1v) is 19.0. The molecule has 0 amide bonds. The van der Waals surface area contributed by atoms with Crippen molar-refractivity contribution in [2.45, 2.75) is 56.2 Å². The van der Waals surface area contributed by atoms with Crippen LogP contribution in [0.1, 0.15) is 57.6 Å². The van der Waals surface area contributed by atoms with Gasteiger partial charge in [0.05, 0.1) is 27.8 Å². The van der Waals surface area contributed by atoms with E-state index in [0.29, 0.717) is 40.8 Å². The van der Waals surface area contributed by atoms with E-state index in [1.807, 2.05) is 24.3 Å². The van der Waals surface area contributed by atoms with E-state index in [4.69, 9.17) is 4.74 Å². The normalized spacial score (nSPS) is 12.4. The van der Waals surface area contributed by atoms with Gasteiger partial charge in [-0.05, 0) is 94.0 Å². The van der Waals surface area contributed by atoms with Crippen LogP contribution in [0.5, 0.6) is 5.75 Å². The van der Waals surface area contributed by atoms with Crippen LogP contribution in [0.2, 0.25) is 0 Å². The van der Waals surface area contributed by atoms with Gasteiger partial charge in [-0.1, -0.05) is 50.5 Å². The van der Waals surface area contributed by atoms with Gasteiger partial charge >= 0.3 is 0 Å². The number of nitrogens with one attached hydrogen (secondary N) is 5. The number of anilines is 4. The molecule has 1 heterocycles. The first kappa shape index (κ1) is 37.9. The summed E-state index contributed by atoms with van der Waals surface area (Å²) < 4.78 is 58.8. The molecule has 0 radical (unpaired) electrons. The van der Waals surface area contributed by atoms with Gasteiger partial charge in [0.15, 0.2) is 11.6 Å². The first-order valence-electron chi connectivity index (χ1n) is 16.0. The van der Waals surface area contributed by atoms with Gasteiger partial charge in [0, 0.05) is 11.8 Å². The van der Waals surface area contributed by atoms with Gasteiger partial charge in [-0.3, -0.25) is 10.9 Å². The Hall–Kier alpha value is -4.90. The van der Waals surface area contributed by atoms with Crippen LogP contribution in [0, 0.1) is 0 Å². The van der Waals surface area contributed by atoms with Crippen LogP contribution in [0.3, 0.4) is 0 Å². The van der Waals surface area contributed by atoms with Crippen molar-refractivity contribution in [3.8, 4) is 5.75 Å². The molecule has 0 spiro atoms. The molecule has 0 aliphatic rings. The Morgan fingerprint density at radius 2 is 1.16 bits per heavy atom. The maximum absolute atomic E-state index is 12.1. The second kappa shape index (κ2) is 17.7. The molecule has 266 valence electrons. The number of hydrazone groups is 2. The van der Waals surface area contributed by atoms with E-state index in [0.717, 1.165) is 24.3 Å². The third-order valence-corrected chi connectivity index (χ3v) is 10.3. The van der Waals surface area contributed by atoms with Crippen LogP contribution < -0.4 is 30.3 Å². The van der Waals surface area contributed by atoms with E-state index in [-0.39, 0.29) is 15.7 Å². The van der Waals surface area contributed by atoms with Crippen molar-refractivity contribution in [1.82, 2.24) is 19.4 Å². The van der Waals surface area contributed by atoms with Crippen molar-refractivity contribution in [1.29, 1.82) is 0 Å². The molecule has 4 aromatic rings. The lowest BCUT2D eigenvalue weighted by Crippen LogP contribution is -2.18. The molecule has 50 heavy (non-hydrogen) atoms. The Labute approximate surface area is 294 Å². The number of aromatic nitrogens is 2. The summed E-state index contributed by atoms with van der Waals surface area (Å²) in [5.41, 5.74) is 9.23. The van der Waals surface area contributed by atoms with Crippen LogP contribution >= 0.6 is 0 Å². The molecule has 0 aliphatic carbocycles. The fourth-order valence-electron chi connectivity index (χ4n) is 4.50. The van der Waals surface area contributed by atoms with Crippen LogP contribution in [-0.4, -0.2) is 58.9 Å². The maximum atomic E-state index is 12.1. The standard InChI is InChI=1S/C34H43N9O5S2/c1-6-7-8-9-22-48-29-16-14-28(15-17-29)37-34-38-32(42-40-24(2)26-10-18-30(19-11-26)49(44,45)35-4)23-33(39-34)43-41-25(3)27-12-20-31(21-13-27)50(46,47)36-5/h10-21,23,35-36H,6-9,22H2,1-5H3,(H3,37,38,39,42,43). The van der Waals surface area contributed by atoms with E-state index in [1.54, 1.807) is 44.2 Å². The Morgan fingerprint density at radius 3 is 1.60 bits per heavy atom. The molecule has 1 aromatic heterocycles. The lowest BCUT2D eigenvalue weighted by Gasteiger charge is -2.11. The highest BCUT2D eigenvalue weighted by atomic mass is 32.2. The average Bonchev–Trinajstić information content (AvgIpc) is 3.13. The van der Waals surface area contributed by atoms with Gasteiger partial charge < -0.3 is 10.1 Å². The van der Waals surface area contributed by atoms with Crippen LogP contribution in [0.25, 0.3) is 0 Å². The highest BCUT2D eigenvalue weighted by molar-refractivity contribution is 7.89. The number of unbranched alkanes of at least 4 members (excludes halogenated alkanes) is 3. The summed E-state index contributed by atoms with van der Waals surface area (Å²) in [4.78, 5) is 9.43. The van der Waals surface area contributed by atoms with Crippen LogP contribution in [0.4, 0.5) is 23.3 Å². The quantitative estimate of drug-likeness (QED) is 0.0487. The SMILES string of the molecule is CCCCCCOc1ccc(Nc2nc(NN=C(C)c3ccc(S(=O)(=O)NC)cc3)cc(NN=C(C)c3ccc(S(=O)(=O)NC)cc3)n2)cc1. The summed E-state index contributed by atoms with van der Waals surface area (Å²) in [7, 11) is -4.40. The van der Waals surface area contributed by atoms with E-state index in [2.05, 4.69) is 52.7 Å². The van der Waals surface area contributed by atoms with E-state index in [9.17, 15) is 16.8 Å². The fourth-order valence-corrected chi connectivity index (χ4v) is 5.96. The molecule has 3 aromatic carbocycles. The second-order valence-electron chi connectivity index (χ2n) is 11.1. The number of rotatable bonds is 18. The molecule has 0 bridgehead atoms. The number of hydrogen-bond acceptors (Lipinski definition) is 12. The van der Waals surface area contributed by atoms with E-state index in [1.165, 1.54) is 51.2 Å². The zero-order valence-electron chi connectivity index (χ0n) is 28.7. The van der Waals surface area contributed by atoms with E-state index >= 15 is 0 Å². The van der Waals surface area contributed by atoms with Gasteiger partial charge in [0.2, 0.25) is 26.0 Å². The molecule has 16 heteroatoms. The summed E-state index contributed by atoms with van der Waals surface area (Å²) in [6.45, 7) is 6.40. The molecule has 0 unspecified atom stereocenters. The average molecular weight is 722 g/mol. The summed E-state index contributed by atoms with van der Waals surface area (Å²) in [5.74, 6) is 1.73. The Morgan fingerprint density at radius 1 is 0.680 bits per heavy atom. The summed E-state index contributed by atoms with van der Waals surface area (Å²) in [6.07, 6.45) is 4.52. The van der Waals surface area contributed by atoms with Crippen LogP contribution in [-0.2, 0) is 20.0 Å². The predicted octanol–water partition coefficient (Wildman–Crippen LogP) is 5.67. The third kappa shape index (κ3) is 10.8. The highest BCUT2D eigenvalue weighted by Gasteiger charge is 2.13. The minimum Gasteiger partial charge on any atom is -0.494 e. The first-order chi connectivity index (χ1) is 23.9. The monoisotopic (exact) mass is 721 g/mol. The van der Waals surface area contributed by atoms with Gasteiger partial charge in [-0.25, -0.2) is 26.3 Å². The van der Waals surface area contributed by atoms with E-state index < -0.39 is 20.0 Å². The van der Waals surface area contributed by atoms with Crippen molar-refractivity contribution in [2.24, 2.45) is 10.2 Å². The van der Waals surface area contributed by atoms with Crippen molar-refractivity contribution < 1.29 is 21.6 Å². The van der Waals surface area contributed by atoms with Gasteiger partial charge in [-0.2, -0.15) is 20.2 Å².